The van der Waals surface area contributed by atoms with E-state index in [0.29, 0.717) is 0 Å². The van der Waals surface area contributed by atoms with Gasteiger partial charge in [-0.1, -0.05) is 12.1 Å². The molecule has 0 amide bonds. The molecule has 1 aliphatic heterocycles. The third kappa shape index (κ3) is 2.65. The fraction of sp³-hybridized carbons (Fsp3) is 0.571. The van der Waals surface area contributed by atoms with Crippen molar-refractivity contribution in [1.29, 1.82) is 0 Å². The van der Waals surface area contributed by atoms with Gasteiger partial charge in [0.2, 0.25) is 0 Å². The Morgan fingerprint density at radius 2 is 2.06 bits per heavy atom. The number of hydrogen-bond donors (Lipinski definition) is 1. The Bertz CT molecular complexity index is 431. The molecule has 1 aliphatic rings. The highest BCUT2D eigenvalue weighted by molar-refractivity contribution is 5.47. The summed E-state index contributed by atoms with van der Waals surface area (Å²) in [7, 11) is 2.15. The largest absolute Gasteiger partial charge is 0.396 e. The second-order valence-electron chi connectivity index (χ2n) is 5.76. The molecule has 1 saturated heterocycles. The molecule has 1 aromatic carbocycles. The van der Waals surface area contributed by atoms with Crippen LogP contribution in [0.15, 0.2) is 18.2 Å². The molecule has 2 rings (SSSR count). The van der Waals surface area contributed by atoms with E-state index in [1.807, 2.05) is 6.07 Å². The van der Waals surface area contributed by atoms with Crippen LogP contribution in [0, 0.1) is 5.82 Å². The van der Waals surface area contributed by atoms with Gasteiger partial charge in [-0.25, -0.2) is 4.39 Å². The van der Waals surface area contributed by atoms with Gasteiger partial charge in [0, 0.05) is 31.7 Å². The van der Waals surface area contributed by atoms with Gasteiger partial charge in [-0.15, -0.1) is 0 Å². The standard InChI is InChI=1S/C14H22FN3/c1-14(2)10-18(8-7-17(14)3)9-11-5-4-6-12(15)13(11)16/h4-6H,7-10,16H2,1-3H3. The Morgan fingerprint density at radius 1 is 1.33 bits per heavy atom. The van der Waals surface area contributed by atoms with Crippen LogP contribution in [-0.4, -0.2) is 42.0 Å². The molecule has 18 heavy (non-hydrogen) atoms. The number of rotatable bonds is 2. The van der Waals surface area contributed by atoms with Gasteiger partial charge in [-0.05, 0) is 32.5 Å². The summed E-state index contributed by atoms with van der Waals surface area (Å²) >= 11 is 0. The number of nitrogens with two attached hydrogens (primary N) is 1. The number of hydrogen-bond acceptors (Lipinski definition) is 3. The molecule has 0 unspecified atom stereocenters. The zero-order valence-electron chi connectivity index (χ0n) is 11.4. The third-order valence-corrected chi connectivity index (χ3v) is 3.93. The van der Waals surface area contributed by atoms with Crippen molar-refractivity contribution in [2.75, 3.05) is 32.4 Å². The van der Waals surface area contributed by atoms with Crippen molar-refractivity contribution in [2.24, 2.45) is 0 Å². The van der Waals surface area contributed by atoms with Crippen LogP contribution in [0.3, 0.4) is 0 Å². The summed E-state index contributed by atoms with van der Waals surface area (Å²) in [5.74, 6) is -0.319. The summed E-state index contributed by atoms with van der Waals surface area (Å²) in [4.78, 5) is 4.70. The number of para-hydroxylation sites is 1. The molecule has 4 heteroatoms. The van der Waals surface area contributed by atoms with Gasteiger partial charge in [0.15, 0.2) is 0 Å². The van der Waals surface area contributed by atoms with Gasteiger partial charge in [-0.2, -0.15) is 0 Å². The number of nitrogens with zero attached hydrogens (tertiary/aromatic N) is 2. The van der Waals surface area contributed by atoms with Crippen molar-refractivity contribution in [3.8, 4) is 0 Å². The highest BCUT2D eigenvalue weighted by Crippen LogP contribution is 2.23. The van der Waals surface area contributed by atoms with Crippen molar-refractivity contribution in [3.63, 3.8) is 0 Å². The summed E-state index contributed by atoms with van der Waals surface area (Å²) in [6.45, 7) is 8.18. The normalized spacial score (nSPS) is 21.1. The number of nitrogen functional groups attached to an aromatic ring is 1. The molecule has 3 nitrogen and oxygen atoms in total. The topological polar surface area (TPSA) is 32.5 Å². The Hall–Kier alpha value is -1.13. The van der Waals surface area contributed by atoms with E-state index in [4.69, 9.17) is 5.73 Å². The van der Waals surface area contributed by atoms with Crippen LogP contribution in [-0.2, 0) is 6.54 Å². The lowest BCUT2D eigenvalue weighted by Gasteiger charge is -2.45. The number of likely N-dealkylation sites (N-methyl/N-ethyl adjacent to an activating group) is 1. The molecule has 0 bridgehead atoms. The second-order valence-corrected chi connectivity index (χ2v) is 5.76. The molecule has 0 atom stereocenters. The van der Waals surface area contributed by atoms with E-state index in [2.05, 4.69) is 30.7 Å². The molecule has 0 spiro atoms. The molecule has 0 aliphatic carbocycles. The molecule has 2 N–H and O–H groups in total. The van der Waals surface area contributed by atoms with Crippen LogP contribution < -0.4 is 5.73 Å². The van der Waals surface area contributed by atoms with Gasteiger partial charge >= 0.3 is 0 Å². The lowest BCUT2D eigenvalue weighted by Crippen LogP contribution is -2.57. The van der Waals surface area contributed by atoms with Crippen molar-refractivity contribution < 1.29 is 4.39 Å². The second kappa shape index (κ2) is 4.86. The predicted octanol–water partition coefficient (Wildman–Crippen LogP) is 1.93. The quantitative estimate of drug-likeness (QED) is 0.815. The van der Waals surface area contributed by atoms with Crippen molar-refractivity contribution >= 4 is 5.69 Å². The molecule has 1 aromatic rings. The van der Waals surface area contributed by atoms with Gasteiger partial charge in [-0.3, -0.25) is 9.80 Å². The number of piperazine rings is 1. The fourth-order valence-electron chi connectivity index (χ4n) is 2.44. The molecule has 0 saturated carbocycles. The lowest BCUT2D eigenvalue weighted by atomic mass is 9.99. The van der Waals surface area contributed by atoms with E-state index < -0.39 is 0 Å². The van der Waals surface area contributed by atoms with Crippen molar-refractivity contribution in [1.82, 2.24) is 9.80 Å². The van der Waals surface area contributed by atoms with Crippen LogP contribution >= 0.6 is 0 Å². The molecule has 1 fully saturated rings. The van der Waals surface area contributed by atoms with Crippen LogP contribution in [0.4, 0.5) is 10.1 Å². The Labute approximate surface area is 108 Å². The summed E-state index contributed by atoms with van der Waals surface area (Å²) in [5.41, 5.74) is 7.11. The minimum Gasteiger partial charge on any atom is -0.396 e. The molecule has 100 valence electrons. The van der Waals surface area contributed by atoms with Crippen LogP contribution in [0.25, 0.3) is 0 Å². The summed E-state index contributed by atoms with van der Waals surface area (Å²) in [6.07, 6.45) is 0. The summed E-state index contributed by atoms with van der Waals surface area (Å²) < 4.78 is 13.4. The monoisotopic (exact) mass is 251 g/mol. The molecular formula is C14H22FN3. The average molecular weight is 251 g/mol. The van der Waals surface area contributed by atoms with Gasteiger partial charge in [0.05, 0.1) is 5.69 Å². The minimum atomic E-state index is -0.319. The maximum atomic E-state index is 13.4. The predicted molar refractivity (Wildman–Crippen MR) is 72.8 cm³/mol. The zero-order valence-corrected chi connectivity index (χ0v) is 11.4. The first kappa shape index (κ1) is 13.3. The first-order valence-corrected chi connectivity index (χ1v) is 6.36. The van der Waals surface area contributed by atoms with Gasteiger partial charge in [0.1, 0.15) is 5.82 Å². The number of anilines is 1. The van der Waals surface area contributed by atoms with E-state index >= 15 is 0 Å². The van der Waals surface area contributed by atoms with Gasteiger partial charge in [0.25, 0.3) is 0 Å². The summed E-state index contributed by atoms with van der Waals surface area (Å²) in [6, 6.07) is 5.04. The fourth-order valence-corrected chi connectivity index (χ4v) is 2.44. The zero-order chi connectivity index (χ0) is 13.3. The molecular weight excluding hydrogens is 229 g/mol. The van der Waals surface area contributed by atoms with Crippen LogP contribution in [0.5, 0.6) is 0 Å². The van der Waals surface area contributed by atoms with Crippen LogP contribution in [0.2, 0.25) is 0 Å². The van der Waals surface area contributed by atoms with E-state index in [-0.39, 0.29) is 17.0 Å². The maximum Gasteiger partial charge on any atom is 0.146 e. The van der Waals surface area contributed by atoms with E-state index in [0.717, 1.165) is 31.7 Å². The number of halogens is 1. The first-order valence-electron chi connectivity index (χ1n) is 6.36. The average Bonchev–Trinajstić information content (AvgIpc) is 2.29. The number of benzene rings is 1. The molecule has 1 heterocycles. The highest BCUT2D eigenvalue weighted by atomic mass is 19.1. The van der Waals surface area contributed by atoms with Crippen molar-refractivity contribution in [3.05, 3.63) is 29.6 Å². The van der Waals surface area contributed by atoms with E-state index in [9.17, 15) is 4.39 Å². The smallest absolute Gasteiger partial charge is 0.146 e. The van der Waals surface area contributed by atoms with Crippen LogP contribution in [0.1, 0.15) is 19.4 Å². The Kier molecular flexibility index (Phi) is 3.59. The lowest BCUT2D eigenvalue weighted by molar-refractivity contribution is 0.0361. The highest BCUT2D eigenvalue weighted by Gasteiger charge is 2.31. The maximum absolute atomic E-state index is 13.4. The SMILES string of the molecule is CN1CCN(Cc2cccc(F)c2N)CC1(C)C. The Balaban J connectivity index is 2.09. The third-order valence-electron chi connectivity index (χ3n) is 3.93. The Morgan fingerprint density at radius 3 is 2.72 bits per heavy atom. The van der Waals surface area contributed by atoms with Crippen molar-refractivity contribution in [2.45, 2.75) is 25.9 Å². The van der Waals surface area contributed by atoms with E-state index in [1.54, 1.807) is 6.07 Å². The van der Waals surface area contributed by atoms with Gasteiger partial charge < -0.3 is 5.73 Å². The summed E-state index contributed by atoms with van der Waals surface area (Å²) in [5, 5.41) is 0. The molecule has 0 aromatic heterocycles. The minimum absolute atomic E-state index is 0.153. The van der Waals surface area contributed by atoms with E-state index in [1.165, 1.54) is 6.07 Å². The molecule has 0 radical (unpaired) electrons. The first-order chi connectivity index (χ1) is 8.40.